The lowest BCUT2D eigenvalue weighted by atomic mass is 10.00. The van der Waals surface area contributed by atoms with E-state index in [1.807, 2.05) is 62.4 Å². The number of carbonyl (C=O) groups excluding carboxylic acids is 2. The number of benzene rings is 3. The van der Waals surface area contributed by atoms with E-state index in [0.29, 0.717) is 43.7 Å². The number of amides is 2. The van der Waals surface area contributed by atoms with E-state index in [4.69, 9.17) is 4.74 Å². The van der Waals surface area contributed by atoms with Gasteiger partial charge in [-0.05, 0) is 56.5 Å². The summed E-state index contributed by atoms with van der Waals surface area (Å²) in [4.78, 5) is 27.7. The second-order valence-corrected chi connectivity index (χ2v) is 10.2. The Morgan fingerprint density at radius 1 is 1.10 bits per heavy atom. The Labute approximate surface area is 236 Å². The van der Waals surface area contributed by atoms with Crippen molar-refractivity contribution in [1.29, 1.82) is 0 Å². The fraction of sp³-hybridized carbons (Fsp3) is 0.375. The van der Waals surface area contributed by atoms with E-state index in [9.17, 15) is 14.7 Å². The van der Waals surface area contributed by atoms with Gasteiger partial charge in [0, 0.05) is 55.1 Å². The van der Waals surface area contributed by atoms with Gasteiger partial charge in [0.1, 0.15) is 5.75 Å². The maximum atomic E-state index is 13.6. The van der Waals surface area contributed by atoms with E-state index < -0.39 is 12.1 Å². The minimum absolute atomic E-state index is 0.0636. The Bertz CT molecular complexity index is 1300. The summed E-state index contributed by atoms with van der Waals surface area (Å²) in [5, 5.41) is 20.9. The van der Waals surface area contributed by atoms with E-state index in [-0.39, 0.29) is 18.4 Å². The fourth-order valence-electron chi connectivity index (χ4n) is 5.07. The van der Waals surface area contributed by atoms with E-state index in [0.717, 1.165) is 34.5 Å². The minimum atomic E-state index is -0.850. The number of methoxy groups -OCH3 is 1. The molecule has 0 aliphatic carbocycles. The van der Waals surface area contributed by atoms with Crippen molar-refractivity contribution in [3.8, 4) is 5.75 Å². The predicted octanol–water partition coefficient (Wildman–Crippen LogP) is 4.05. The van der Waals surface area contributed by atoms with E-state index >= 15 is 0 Å². The van der Waals surface area contributed by atoms with E-state index in [1.54, 1.807) is 24.1 Å². The SMILES string of the molecule is CCNc1cc(C(=O)N[C@@H](Cc2ccccc2)[C@H](O)CNCc2cc(C)ccc2OC)cc(N2CCCC2=O)c1. The predicted molar refractivity (Wildman–Crippen MR) is 159 cm³/mol. The first kappa shape index (κ1) is 29.1. The molecule has 2 amide bonds. The standard InChI is InChI=1S/C32H40N4O4/c1-4-34-26-17-24(18-27(19-26)36-14-8-11-31(36)38)32(39)35-28(16-23-9-6-5-7-10-23)29(37)21-33-20-25-15-22(2)12-13-30(25)40-3/h5-7,9-10,12-13,15,17-19,28-29,33-34,37H,4,8,11,14,16,20-21H2,1-3H3,(H,35,39)/t28-,29+/m0/s1. The number of hydrogen-bond donors (Lipinski definition) is 4. The summed E-state index contributed by atoms with van der Waals surface area (Å²) < 4.78 is 5.48. The zero-order chi connectivity index (χ0) is 28.5. The summed E-state index contributed by atoms with van der Waals surface area (Å²) in [6.07, 6.45) is 0.933. The van der Waals surface area contributed by atoms with Crippen LogP contribution in [0.3, 0.4) is 0 Å². The van der Waals surface area contributed by atoms with Crippen molar-refractivity contribution in [2.75, 3.05) is 37.0 Å². The molecule has 0 spiro atoms. The molecule has 0 radical (unpaired) electrons. The molecule has 1 aliphatic heterocycles. The molecule has 0 aromatic heterocycles. The Hall–Kier alpha value is -3.88. The van der Waals surface area contributed by atoms with Crippen molar-refractivity contribution in [1.82, 2.24) is 10.6 Å². The fourth-order valence-corrected chi connectivity index (χ4v) is 5.07. The molecule has 1 saturated heterocycles. The number of carbonyl (C=O) groups is 2. The van der Waals surface area contributed by atoms with Crippen LogP contribution in [0.25, 0.3) is 0 Å². The summed E-state index contributed by atoms with van der Waals surface area (Å²) in [6.45, 7) is 6.14. The van der Waals surface area contributed by atoms with Crippen molar-refractivity contribution >= 4 is 23.2 Å². The van der Waals surface area contributed by atoms with Crippen LogP contribution in [-0.4, -0.2) is 55.8 Å². The van der Waals surface area contributed by atoms with Gasteiger partial charge in [0.05, 0.1) is 19.3 Å². The lowest BCUT2D eigenvalue weighted by Crippen LogP contribution is -2.48. The quantitative estimate of drug-likeness (QED) is 0.259. The zero-order valence-corrected chi connectivity index (χ0v) is 23.6. The first-order valence-corrected chi connectivity index (χ1v) is 13.9. The molecule has 0 unspecified atom stereocenters. The highest BCUT2D eigenvalue weighted by Crippen LogP contribution is 2.27. The summed E-state index contributed by atoms with van der Waals surface area (Å²) >= 11 is 0. The molecule has 1 aliphatic rings. The number of rotatable bonds is 13. The second-order valence-electron chi connectivity index (χ2n) is 10.2. The molecule has 40 heavy (non-hydrogen) atoms. The van der Waals surface area contributed by atoms with Crippen molar-refractivity contribution in [3.63, 3.8) is 0 Å². The molecule has 212 valence electrons. The Morgan fingerprint density at radius 3 is 2.60 bits per heavy atom. The molecular weight excluding hydrogens is 504 g/mol. The lowest BCUT2D eigenvalue weighted by molar-refractivity contribution is -0.117. The molecule has 0 bridgehead atoms. The summed E-state index contributed by atoms with van der Waals surface area (Å²) in [6, 6.07) is 20.7. The van der Waals surface area contributed by atoms with Gasteiger partial charge in [-0.25, -0.2) is 0 Å². The maximum Gasteiger partial charge on any atom is 0.251 e. The van der Waals surface area contributed by atoms with Gasteiger partial charge in [0.25, 0.3) is 5.91 Å². The first-order valence-electron chi connectivity index (χ1n) is 13.9. The van der Waals surface area contributed by atoms with Crippen LogP contribution in [0.2, 0.25) is 0 Å². The third-order valence-corrected chi connectivity index (χ3v) is 7.13. The summed E-state index contributed by atoms with van der Waals surface area (Å²) in [5.74, 6) is 0.552. The average Bonchev–Trinajstić information content (AvgIpc) is 3.39. The van der Waals surface area contributed by atoms with Crippen LogP contribution < -0.4 is 25.6 Å². The largest absolute Gasteiger partial charge is 0.496 e. The van der Waals surface area contributed by atoms with E-state index in [1.165, 1.54) is 0 Å². The van der Waals surface area contributed by atoms with Gasteiger partial charge in [-0.3, -0.25) is 9.59 Å². The highest BCUT2D eigenvalue weighted by atomic mass is 16.5. The molecule has 1 fully saturated rings. The molecule has 4 N–H and O–H groups in total. The maximum absolute atomic E-state index is 13.6. The molecule has 3 aromatic rings. The van der Waals surface area contributed by atoms with Crippen LogP contribution in [0.15, 0.2) is 66.7 Å². The summed E-state index contributed by atoms with van der Waals surface area (Å²) in [5.41, 5.74) is 5.07. The van der Waals surface area contributed by atoms with Crippen LogP contribution in [0, 0.1) is 6.92 Å². The normalized spacial score (nSPS) is 14.6. The van der Waals surface area contributed by atoms with Crippen molar-refractivity contribution in [3.05, 3.63) is 89.0 Å². The number of anilines is 2. The molecule has 1 heterocycles. The first-order chi connectivity index (χ1) is 19.4. The number of hydrogen-bond acceptors (Lipinski definition) is 6. The van der Waals surface area contributed by atoms with Gasteiger partial charge in [0.2, 0.25) is 5.91 Å². The Kier molecular flexibility index (Phi) is 10.2. The molecule has 4 rings (SSSR count). The van der Waals surface area contributed by atoms with Gasteiger partial charge >= 0.3 is 0 Å². The van der Waals surface area contributed by atoms with Crippen LogP contribution in [0.4, 0.5) is 11.4 Å². The highest BCUT2D eigenvalue weighted by Gasteiger charge is 2.26. The topological polar surface area (TPSA) is 103 Å². The van der Waals surface area contributed by atoms with Crippen LogP contribution in [0.5, 0.6) is 5.75 Å². The van der Waals surface area contributed by atoms with Crippen LogP contribution in [0.1, 0.15) is 46.8 Å². The number of nitrogens with one attached hydrogen (secondary N) is 3. The van der Waals surface area contributed by atoms with Gasteiger partial charge < -0.3 is 30.7 Å². The van der Waals surface area contributed by atoms with Gasteiger partial charge in [-0.2, -0.15) is 0 Å². The Balaban J connectivity index is 1.51. The van der Waals surface area contributed by atoms with Crippen molar-refractivity contribution in [2.24, 2.45) is 0 Å². The van der Waals surface area contributed by atoms with Crippen molar-refractivity contribution in [2.45, 2.75) is 51.8 Å². The molecule has 2 atom stereocenters. The van der Waals surface area contributed by atoms with Crippen LogP contribution in [-0.2, 0) is 17.8 Å². The monoisotopic (exact) mass is 544 g/mol. The molecular formula is C32H40N4O4. The number of nitrogens with zero attached hydrogens (tertiary/aromatic N) is 1. The summed E-state index contributed by atoms with van der Waals surface area (Å²) in [7, 11) is 1.64. The average molecular weight is 545 g/mol. The number of aryl methyl sites for hydroxylation is 1. The number of aliphatic hydroxyl groups is 1. The lowest BCUT2D eigenvalue weighted by Gasteiger charge is -2.26. The smallest absolute Gasteiger partial charge is 0.251 e. The molecule has 0 saturated carbocycles. The van der Waals surface area contributed by atoms with E-state index in [2.05, 4.69) is 22.0 Å². The van der Waals surface area contributed by atoms with Gasteiger partial charge in [0.15, 0.2) is 0 Å². The number of aliphatic hydroxyl groups excluding tert-OH is 1. The molecule has 8 heteroatoms. The second kappa shape index (κ2) is 14.0. The highest BCUT2D eigenvalue weighted by molar-refractivity contribution is 6.00. The molecule has 3 aromatic carbocycles. The van der Waals surface area contributed by atoms with Crippen molar-refractivity contribution < 1.29 is 19.4 Å². The Morgan fingerprint density at radius 2 is 1.90 bits per heavy atom. The van der Waals surface area contributed by atoms with Crippen LogP contribution >= 0.6 is 0 Å². The minimum Gasteiger partial charge on any atom is -0.496 e. The number of ether oxygens (including phenoxy) is 1. The van der Waals surface area contributed by atoms with Gasteiger partial charge in [-0.15, -0.1) is 0 Å². The third kappa shape index (κ3) is 7.61. The van der Waals surface area contributed by atoms with Gasteiger partial charge in [-0.1, -0.05) is 48.0 Å². The third-order valence-electron chi connectivity index (χ3n) is 7.13. The zero-order valence-electron chi connectivity index (χ0n) is 23.6. The molecule has 8 nitrogen and oxygen atoms in total.